The molecule has 0 saturated heterocycles. The third-order valence-electron chi connectivity index (χ3n) is 3.90. The third kappa shape index (κ3) is 5.72. The fourth-order valence-corrected chi connectivity index (χ4v) is 2.46. The molecule has 1 N–H and O–H groups in total. The number of methoxy groups -OCH3 is 2. The van der Waals surface area contributed by atoms with Crippen LogP contribution in [-0.4, -0.2) is 32.1 Å². The first-order chi connectivity index (χ1) is 13.1. The average molecular weight is 364 g/mol. The van der Waals surface area contributed by atoms with Crippen molar-refractivity contribution in [1.82, 2.24) is 5.32 Å². The average Bonchev–Trinajstić information content (AvgIpc) is 2.71. The molecule has 0 bridgehead atoms. The molecule has 0 aromatic heterocycles. The van der Waals surface area contributed by atoms with Crippen molar-refractivity contribution in [1.29, 1.82) is 5.26 Å². The molecule has 2 aromatic rings. The van der Waals surface area contributed by atoms with Crippen LogP contribution in [0, 0.1) is 11.3 Å². The fourth-order valence-electron chi connectivity index (χ4n) is 2.46. The molecular weight excluding hydrogens is 344 g/mol. The molecular formula is C21H20N2O4. The van der Waals surface area contributed by atoms with Gasteiger partial charge >= 0.3 is 5.97 Å². The Kier molecular flexibility index (Phi) is 7.15. The Bertz CT molecular complexity index is 866. The number of nitriles is 1. The minimum Gasteiger partial charge on any atom is -0.497 e. The van der Waals surface area contributed by atoms with Crippen LogP contribution in [0.15, 0.2) is 54.6 Å². The van der Waals surface area contributed by atoms with Crippen LogP contribution in [0.1, 0.15) is 16.7 Å². The molecule has 2 rings (SSSR count). The van der Waals surface area contributed by atoms with Gasteiger partial charge in [-0.1, -0.05) is 30.3 Å². The molecule has 27 heavy (non-hydrogen) atoms. The van der Waals surface area contributed by atoms with Gasteiger partial charge in [-0.05, 0) is 35.4 Å². The van der Waals surface area contributed by atoms with Crippen molar-refractivity contribution >= 4 is 18.0 Å². The lowest BCUT2D eigenvalue weighted by atomic mass is 10.1. The summed E-state index contributed by atoms with van der Waals surface area (Å²) in [6.07, 6.45) is 3.11. The molecule has 138 valence electrons. The van der Waals surface area contributed by atoms with Crippen molar-refractivity contribution in [3.05, 3.63) is 71.3 Å². The zero-order valence-electron chi connectivity index (χ0n) is 15.1. The van der Waals surface area contributed by atoms with E-state index in [1.165, 1.54) is 19.3 Å². The predicted octanol–water partition coefficient (Wildman–Crippen LogP) is 2.48. The number of hydrogen-bond donors (Lipinski definition) is 1. The Morgan fingerprint density at radius 2 is 1.85 bits per heavy atom. The van der Waals surface area contributed by atoms with Crippen LogP contribution in [0.5, 0.6) is 5.75 Å². The Morgan fingerprint density at radius 3 is 2.48 bits per heavy atom. The van der Waals surface area contributed by atoms with Crippen LogP contribution in [0.3, 0.4) is 0 Å². The number of nitrogens with one attached hydrogen (secondary N) is 1. The largest absolute Gasteiger partial charge is 0.497 e. The second kappa shape index (κ2) is 9.78. The molecule has 0 aliphatic heterocycles. The lowest BCUT2D eigenvalue weighted by Crippen LogP contribution is -2.42. The SMILES string of the molecule is COC(=O)[C@H](Cc1ccc(OC)cc1)NC(=O)C=Cc1ccccc1C#N. The van der Waals surface area contributed by atoms with E-state index < -0.39 is 17.9 Å². The van der Waals surface area contributed by atoms with Crippen molar-refractivity contribution in [2.24, 2.45) is 0 Å². The minimum atomic E-state index is -0.827. The second-order valence-corrected chi connectivity index (χ2v) is 5.67. The van der Waals surface area contributed by atoms with E-state index in [2.05, 4.69) is 11.4 Å². The zero-order chi connectivity index (χ0) is 19.6. The number of ether oxygens (including phenoxy) is 2. The summed E-state index contributed by atoms with van der Waals surface area (Å²) < 4.78 is 9.89. The number of nitrogens with zero attached hydrogens (tertiary/aromatic N) is 1. The van der Waals surface area contributed by atoms with Gasteiger partial charge < -0.3 is 14.8 Å². The van der Waals surface area contributed by atoms with Crippen molar-refractivity contribution in [2.45, 2.75) is 12.5 Å². The highest BCUT2D eigenvalue weighted by Crippen LogP contribution is 2.13. The molecule has 6 heteroatoms. The van der Waals surface area contributed by atoms with Gasteiger partial charge in [-0.25, -0.2) is 4.79 Å². The number of esters is 1. The lowest BCUT2D eigenvalue weighted by Gasteiger charge is -2.15. The molecule has 6 nitrogen and oxygen atoms in total. The molecule has 0 unspecified atom stereocenters. The Balaban J connectivity index is 2.08. The lowest BCUT2D eigenvalue weighted by molar-refractivity contribution is -0.144. The fraction of sp³-hybridized carbons (Fsp3) is 0.190. The normalized spacial score (nSPS) is 11.4. The van der Waals surface area contributed by atoms with E-state index in [-0.39, 0.29) is 6.42 Å². The highest BCUT2D eigenvalue weighted by atomic mass is 16.5. The summed E-state index contributed by atoms with van der Waals surface area (Å²) in [5.41, 5.74) is 1.94. The van der Waals surface area contributed by atoms with Crippen molar-refractivity contribution in [3.63, 3.8) is 0 Å². The highest BCUT2D eigenvalue weighted by Gasteiger charge is 2.21. The van der Waals surface area contributed by atoms with Crippen LogP contribution >= 0.6 is 0 Å². The smallest absolute Gasteiger partial charge is 0.328 e. The number of benzene rings is 2. The summed E-state index contributed by atoms with van der Waals surface area (Å²) in [5, 5.41) is 11.7. The number of rotatable bonds is 7. The number of carbonyl (C=O) groups is 2. The molecule has 2 aromatic carbocycles. The van der Waals surface area contributed by atoms with E-state index in [1.807, 2.05) is 12.1 Å². The van der Waals surface area contributed by atoms with Gasteiger partial charge in [-0.3, -0.25) is 4.79 Å². The van der Waals surface area contributed by atoms with Crippen LogP contribution in [0.4, 0.5) is 0 Å². The van der Waals surface area contributed by atoms with E-state index in [0.717, 1.165) is 5.56 Å². The summed E-state index contributed by atoms with van der Waals surface area (Å²) in [4.78, 5) is 24.2. The topological polar surface area (TPSA) is 88.4 Å². The maximum Gasteiger partial charge on any atom is 0.328 e. The van der Waals surface area contributed by atoms with E-state index in [1.54, 1.807) is 43.5 Å². The quantitative estimate of drug-likeness (QED) is 0.602. The Hall–Kier alpha value is -3.59. The monoisotopic (exact) mass is 364 g/mol. The first-order valence-electron chi connectivity index (χ1n) is 8.26. The molecule has 0 aliphatic carbocycles. The maximum absolute atomic E-state index is 12.2. The summed E-state index contributed by atoms with van der Waals surface area (Å²) in [5.74, 6) is -0.284. The van der Waals surface area contributed by atoms with E-state index in [4.69, 9.17) is 14.7 Å². The molecule has 1 amide bonds. The highest BCUT2D eigenvalue weighted by molar-refractivity contribution is 5.94. The first-order valence-corrected chi connectivity index (χ1v) is 8.26. The third-order valence-corrected chi connectivity index (χ3v) is 3.90. The van der Waals surface area contributed by atoms with Gasteiger partial charge in [0.1, 0.15) is 11.8 Å². The number of amides is 1. The summed E-state index contributed by atoms with van der Waals surface area (Å²) >= 11 is 0. The van der Waals surface area contributed by atoms with Gasteiger partial charge in [-0.15, -0.1) is 0 Å². The predicted molar refractivity (Wildman–Crippen MR) is 101 cm³/mol. The van der Waals surface area contributed by atoms with E-state index in [9.17, 15) is 9.59 Å². The van der Waals surface area contributed by atoms with E-state index in [0.29, 0.717) is 16.9 Å². The number of hydrogen-bond acceptors (Lipinski definition) is 5. The molecule has 0 spiro atoms. The van der Waals surface area contributed by atoms with Gasteiger partial charge in [-0.2, -0.15) is 5.26 Å². The molecule has 0 heterocycles. The van der Waals surface area contributed by atoms with E-state index >= 15 is 0 Å². The van der Waals surface area contributed by atoms with Crippen molar-refractivity contribution in [2.75, 3.05) is 14.2 Å². The van der Waals surface area contributed by atoms with Crippen LogP contribution in [-0.2, 0) is 20.7 Å². The van der Waals surface area contributed by atoms with Crippen LogP contribution < -0.4 is 10.1 Å². The Labute approximate surface area is 158 Å². The second-order valence-electron chi connectivity index (χ2n) is 5.67. The van der Waals surface area contributed by atoms with Crippen molar-refractivity contribution < 1.29 is 19.1 Å². The van der Waals surface area contributed by atoms with Gasteiger partial charge in [0.25, 0.3) is 0 Å². The summed E-state index contributed by atoms with van der Waals surface area (Å²) in [6.45, 7) is 0. The summed E-state index contributed by atoms with van der Waals surface area (Å²) in [7, 11) is 2.85. The van der Waals surface area contributed by atoms with Crippen LogP contribution in [0.25, 0.3) is 6.08 Å². The van der Waals surface area contributed by atoms with Gasteiger partial charge in [0.15, 0.2) is 0 Å². The van der Waals surface area contributed by atoms with Gasteiger partial charge in [0.2, 0.25) is 5.91 Å². The molecule has 0 saturated carbocycles. The molecule has 0 aliphatic rings. The van der Waals surface area contributed by atoms with Gasteiger partial charge in [0, 0.05) is 12.5 Å². The van der Waals surface area contributed by atoms with Crippen LogP contribution in [0.2, 0.25) is 0 Å². The summed E-state index contributed by atoms with van der Waals surface area (Å²) in [6, 6.07) is 15.4. The Morgan fingerprint density at radius 1 is 1.15 bits per heavy atom. The molecule has 1 atom stereocenters. The maximum atomic E-state index is 12.2. The molecule has 0 fully saturated rings. The van der Waals surface area contributed by atoms with Gasteiger partial charge in [0.05, 0.1) is 25.9 Å². The van der Waals surface area contributed by atoms with Crippen molar-refractivity contribution in [3.8, 4) is 11.8 Å². The standard InChI is InChI=1S/C21H20N2O4/c1-26-18-10-7-15(8-11-18)13-19(21(25)27-2)23-20(24)12-9-16-5-3-4-6-17(16)14-22/h3-12,19H,13H2,1-2H3,(H,23,24)/t19-/m0/s1. The zero-order valence-corrected chi connectivity index (χ0v) is 15.1. The minimum absolute atomic E-state index is 0.283. The molecule has 0 radical (unpaired) electrons. The first kappa shape index (κ1) is 19.7. The number of carbonyl (C=O) groups excluding carboxylic acids is 2.